The van der Waals surface area contributed by atoms with Crippen molar-refractivity contribution in [1.82, 2.24) is 0 Å². The molecule has 0 aliphatic carbocycles. The molecule has 0 aliphatic rings. The molecule has 0 saturated heterocycles. The van der Waals surface area contributed by atoms with Gasteiger partial charge in [-0.05, 0) is 17.2 Å². The van der Waals surface area contributed by atoms with Crippen LogP contribution in [0.5, 0.6) is 0 Å². The summed E-state index contributed by atoms with van der Waals surface area (Å²) in [6, 6.07) is 7.31. The molecule has 1 rings (SSSR count). The summed E-state index contributed by atoms with van der Waals surface area (Å²) in [5.74, 6) is 0. The molecule has 15 heavy (non-hydrogen) atoms. The molecule has 0 amide bonds. The fraction of sp³-hybridized carbons (Fsp3) is 0.0769. The van der Waals surface area contributed by atoms with Gasteiger partial charge in [0, 0.05) is 5.69 Å². The zero-order valence-electron chi connectivity index (χ0n) is 8.69. The Bertz CT molecular complexity index is 391. The highest BCUT2D eigenvalue weighted by Gasteiger charge is 2.10. The maximum atomic E-state index is 6.07. The summed E-state index contributed by atoms with van der Waals surface area (Å²) in [5, 5.41) is 0. The Morgan fingerprint density at radius 3 is 2.47 bits per heavy atom. The van der Waals surface area contributed by atoms with Gasteiger partial charge in [0.2, 0.25) is 0 Å². The fourth-order valence-electron chi connectivity index (χ4n) is 1.41. The summed E-state index contributed by atoms with van der Waals surface area (Å²) in [6.07, 6.45) is 5.25. The van der Waals surface area contributed by atoms with E-state index in [-0.39, 0.29) is 6.04 Å². The molecule has 4 N–H and O–H groups in total. The maximum Gasteiger partial charge on any atom is 0.0571 e. The molecule has 0 bridgehead atoms. The van der Waals surface area contributed by atoms with E-state index in [2.05, 4.69) is 13.2 Å². The van der Waals surface area contributed by atoms with Crippen molar-refractivity contribution in [2.24, 2.45) is 5.73 Å². The van der Waals surface area contributed by atoms with Crippen LogP contribution in [0.3, 0.4) is 0 Å². The van der Waals surface area contributed by atoms with Crippen LogP contribution in [0.25, 0.3) is 0 Å². The average molecular weight is 200 g/mol. The highest BCUT2D eigenvalue weighted by Crippen LogP contribution is 2.24. The average Bonchev–Trinajstić information content (AvgIpc) is 2.25. The highest BCUT2D eigenvalue weighted by atomic mass is 14.7. The van der Waals surface area contributed by atoms with Crippen LogP contribution in [-0.4, -0.2) is 0 Å². The lowest BCUT2D eigenvalue weighted by molar-refractivity contribution is 0.874. The van der Waals surface area contributed by atoms with Crippen LogP contribution in [0.15, 0.2) is 61.2 Å². The zero-order chi connectivity index (χ0) is 11.3. The van der Waals surface area contributed by atoms with Crippen LogP contribution >= 0.6 is 0 Å². The molecule has 0 spiro atoms. The van der Waals surface area contributed by atoms with Gasteiger partial charge in [-0.15, -0.1) is 0 Å². The Kier molecular flexibility index (Phi) is 3.89. The Hall–Kier alpha value is -1.80. The van der Waals surface area contributed by atoms with Crippen LogP contribution in [0.1, 0.15) is 11.6 Å². The van der Waals surface area contributed by atoms with Gasteiger partial charge in [-0.1, -0.05) is 49.6 Å². The van der Waals surface area contributed by atoms with E-state index in [0.29, 0.717) is 5.69 Å². The molecule has 0 fully saturated rings. The van der Waals surface area contributed by atoms with Crippen molar-refractivity contribution >= 4 is 5.69 Å². The summed E-state index contributed by atoms with van der Waals surface area (Å²) < 4.78 is 0. The van der Waals surface area contributed by atoms with Crippen molar-refractivity contribution in [3.8, 4) is 0 Å². The first-order valence-electron chi connectivity index (χ1n) is 4.75. The minimum Gasteiger partial charge on any atom is -0.398 e. The van der Waals surface area contributed by atoms with Crippen LogP contribution in [0, 0.1) is 0 Å². The van der Waals surface area contributed by atoms with E-state index in [1.165, 1.54) is 0 Å². The largest absolute Gasteiger partial charge is 0.398 e. The second-order valence-electron chi connectivity index (χ2n) is 3.21. The van der Waals surface area contributed by atoms with Crippen molar-refractivity contribution < 1.29 is 0 Å². The van der Waals surface area contributed by atoms with Gasteiger partial charge in [-0.3, -0.25) is 0 Å². The number of hydrogen-bond acceptors (Lipinski definition) is 2. The van der Waals surface area contributed by atoms with E-state index < -0.39 is 0 Å². The fourth-order valence-corrected chi connectivity index (χ4v) is 1.41. The van der Waals surface area contributed by atoms with Crippen molar-refractivity contribution in [2.75, 3.05) is 5.73 Å². The third kappa shape index (κ3) is 2.58. The first-order chi connectivity index (χ1) is 7.20. The second kappa shape index (κ2) is 5.17. The van der Waals surface area contributed by atoms with E-state index in [0.717, 1.165) is 11.1 Å². The van der Waals surface area contributed by atoms with Gasteiger partial charge in [-0.2, -0.15) is 0 Å². The molecule has 1 aromatic carbocycles. The van der Waals surface area contributed by atoms with Crippen molar-refractivity contribution in [2.45, 2.75) is 6.04 Å². The molecule has 0 aromatic heterocycles. The van der Waals surface area contributed by atoms with Gasteiger partial charge in [0.25, 0.3) is 0 Å². The van der Waals surface area contributed by atoms with Crippen molar-refractivity contribution in [1.29, 1.82) is 0 Å². The third-order valence-corrected chi connectivity index (χ3v) is 2.24. The molecule has 0 radical (unpaired) electrons. The number of nitrogens with two attached hydrogens (primary N) is 2. The SMILES string of the molecule is C=C/C=C(\C=C)C(N)c1ccccc1N. The zero-order valence-corrected chi connectivity index (χ0v) is 8.69. The molecule has 1 aromatic rings. The molecule has 1 unspecified atom stereocenters. The normalized spacial score (nSPS) is 13.3. The summed E-state index contributed by atoms with van der Waals surface area (Å²) >= 11 is 0. The molecule has 0 heterocycles. The lowest BCUT2D eigenvalue weighted by Gasteiger charge is -2.15. The van der Waals surface area contributed by atoms with Gasteiger partial charge in [0.1, 0.15) is 0 Å². The maximum absolute atomic E-state index is 6.07. The molecular weight excluding hydrogens is 184 g/mol. The van der Waals surface area contributed by atoms with Crippen LogP contribution in [-0.2, 0) is 0 Å². The molecule has 1 atom stereocenters. The quantitative estimate of drug-likeness (QED) is 0.579. The predicted octanol–water partition coefficient (Wildman–Crippen LogP) is 2.57. The lowest BCUT2D eigenvalue weighted by Crippen LogP contribution is -2.13. The Balaban J connectivity index is 3.08. The number of allylic oxidation sites excluding steroid dienone is 2. The number of anilines is 1. The lowest BCUT2D eigenvalue weighted by atomic mass is 9.98. The van der Waals surface area contributed by atoms with Crippen LogP contribution < -0.4 is 11.5 Å². The van der Waals surface area contributed by atoms with E-state index >= 15 is 0 Å². The van der Waals surface area contributed by atoms with Crippen LogP contribution in [0.2, 0.25) is 0 Å². The third-order valence-electron chi connectivity index (χ3n) is 2.24. The molecular formula is C13H16N2. The molecule has 2 heteroatoms. The molecule has 78 valence electrons. The summed E-state index contributed by atoms with van der Waals surface area (Å²) in [6.45, 7) is 7.35. The van der Waals surface area contributed by atoms with Gasteiger partial charge in [-0.25, -0.2) is 0 Å². The Labute approximate surface area is 90.6 Å². The van der Waals surface area contributed by atoms with E-state index in [1.807, 2.05) is 30.3 Å². The smallest absolute Gasteiger partial charge is 0.0571 e. The predicted molar refractivity (Wildman–Crippen MR) is 66.3 cm³/mol. The summed E-state index contributed by atoms with van der Waals surface area (Å²) in [5.41, 5.74) is 14.4. The topological polar surface area (TPSA) is 52.0 Å². The van der Waals surface area contributed by atoms with Gasteiger partial charge < -0.3 is 11.5 Å². The number of para-hydroxylation sites is 1. The minimum absolute atomic E-state index is 0.248. The first kappa shape index (κ1) is 11.3. The second-order valence-corrected chi connectivity index (χ2v) is 3.21. The van der Waals surface area contributed by atoms with Gasteiger partial charge in [0.15, 0.2) is 0 Å². The monoisotopic (exact) mass is 200 g/mol. The van der Waals surface area contributed by atoms with Crippen molar-refractivity contribution in [3.63, 3.8) is 0 Å². The Morgan fingerprint density at radius 2 is 1.93 bits per heavy atom. The van der Waals surface area contributed by atoms with Crippen molar-refractivity contribution in [3.05, 3.63) is 66.8 Å². The summed E-state index contributed by atoms with van der Waals surface area (Å²) in [7, 11) is 0. The van der Waals surface area contributed by atoms with E-state index in [9.17, 15) is 0 Å². The Morgan fingerprint density at radius 1 is 1.27 bits per heavy atom. The summed E-state index contributed by atoms with van der Waals surface area (Å²) in [4.78, 5) is 0. The molecule has 2 nitrogen and oxygen atoms in total. The first-order valence-corrected chi connectivity index (χ1v) is 4.75. The number of benzene rings is 1. The van der Waals surface area contributed by atoms with Gasteiger partial charge in [0.05, 0.1) is 6.04 Å². The highest BCUT2D eigenvalue weighted by molar-refractivity contribution is 5.51. The van der Waals surface area contributed by atoms with E-state index in [4.69, 9.17) is 11.5 Å². The molecule has 0 aliphatic heterocycles. The standard InChI is InChI=1S/C13H16N2/c1-3-7-10(4-2)13(15)11-8-5-6-9-12(11)14/h3-9,13H,1-2,14-15H2/b10-7+. The van der Waals surface area contributed by atoms with Crippen LogP contribution in [0.4, 0.5) is 5.69 Å². The number of nitrogen functional groups attached to an aromatic ring is 1. The number of rotatable bonds is 4. The van der Waals surface area contributed by atoms with E-state index in [1.54, 1.807) is 12.2 Å². The van der Waals surface area contributed by atoms with Gasteiger partial charge >= 0.3 is 0 Å². The molecule has 0 saturated carbocycles. The minimum atomic E-state index is -0.248. The number of hydrogen-bond donors (Lipinski definition) is 2.